The van der Waals surface area contributed by atoms with Crippen LogP contribution in [0.15, 0.2) is 188 Å². The van der Waals surface area contributed by atoms with Crippen molar-refractivity contribution in [3.8, 4) is 39.5 Å². The van der Waals surface area contributed by atoms with Gasteiger partial charge >= 0.3 is 0 Å². The number of hydrogen-bond donors (Lipinski definition) is 0. The zero-order chi connectivity index (χ0) is 36.7. The maximum Gasteiger partial charge on any atom is 0.235 e. The van der Waals surface area contributed by atoms with Crippen LogP contribution in [0, 0.1) is 0 Å². The third-order valence-corrected chi connectivity index (χ3v) is 12.6. The molecule has 0 atom stereocenters. The Bertz CT molecular complexity index is 3530. The molecule has 12 aromatic rings. The fraction of sp³-hybridized carbons (Fsp3) is 0. The number of para-hydroxylation sites is 2. The predicted molar refractivity (Wildman–Crippen MR) is 238 cm³/mol. The highest BCUT2D eigenvalue weighted by atomic mass is 32.1. The lowest BCUT2D eigenvalue weighted by molar-refractivity contribution is 1.02. The Kier molecular flexibility index (Phi) is 6.80. The normalized spacial score (nSPS) is 11.9. The van der Waals surface area contributed by atoms with Crippen LogP contribution < -0.4 is 0 Å². The van der Waals surface area contributed by atoms with E-state index in [4.69, 9.17) is 9.97 Å². The first kappa shape index (κ1) is 31.2. The minimum Gasteiger partial charge on any atom is -0.277 e. The lowest BCUT2D eigenvalue weighted by Gasteiger charge is -2.15. The number of hydrogen-bond acceptors (Lipinski definition) is 3. The van der Waals surface area contributed by atoms with Crippen molar-refractivity contribution >= 4 is 85.8 Å². The summed E-state index contributed by atoms with van der Waals surface area (Å²) in [7, 11) is 0. The van der Waals surface area contributed by atoms with Crippen molar-refractivity contribution in [3.05, 3.63) is 188 Å². The number of rotatable bonds is 4. The molecule has 3 aromatic heterocycles. The first-order chi connectivity index (χ1) is 27.8. The summed E-state index contributed by atoms with van der Waals surface area (Å²) >= 11 is 1.85. The van der Waals surface area contributed by atoms with Crippen LogP contribution in [0.5, 0.6) is 0 Å². The second-order valence-corrected chi connectivity index (χ2v) is 15.6. The lowest BCUT2D eigenvalue weighted by atomic mass is 9.96. The van der Waals surface area contributed by atoms with Gasteiger partial charge in [0.25, 0.3) is 0 Å². The van der Waals surface area contributed by atoms with Crippen LogP contribution >= 0.6 is 11.3 Å². The molecule has 0 N–H and O–H groups in total. The van der Waals surface area contributed by atoms with Gasteiger partial charge in [-0.2, -0.15) is 0 Å². The molecule has 0 aliphatic heterocycles. The van der Waals surface area contributed by atoms with Gasteiger partial charge in [0.05, 0.1) is 22.2 Å². The highest BCUT2D eigenvalue weighted by Gasteiger charge is 2.23. The van der Waals surface area contributed by atoms with Crippen LogP contribution in [0.4, 0.5) is 0 Å². The topological polar surface area (TPSA) is 30.7 Å². The van der Waals surface area contributed by atoms with Gasteiger partial charge in [-0.3, -0.25) is 4.57 Å². The van der Waals surface area contributed by atoms with Crippen LogP contribution in [0.3, 0.4) is 0 Å². The van der Waals surface area contributed by atoms with E-state index in [2.05, 4.69) is 193 Å². The SMILES string of the molecule is c1ccc2c(-c3ccc(-c4nc(-n5c6c(-c7cccc8sc9ccccc9c78)cccc6c6ccc7ccccc7c65)nc5ccccc45)cc3)cccc2c1. The van der Waals surface area contributed by atoms with E-state index in [0.29, 0.717) is 5.95 Å². The van der Waals surface area contributed by atoms with Gasteiger partial charge in [-0.05, 0) is 51.0 Å². The van der Waals surface area contributed by atoms with Crippen molar-refractivity contribution in [1.29, 1.82) is 0 Å². The second-order valence-electron chi connectivity index (χ2n) is 14.5. The Balaban J connectivity index is 1.16. The molecule has 0 saturated heterocycles. The van der Waals surface area contributed by atoms with Crippen molar-refractivity contribution in [2.24, 2.45) is 0 Å². The number of aromatic nitrogens is 3. The lowest BCUT2D eigenvalue weighted by Crippen LogP contribution is -2.04. The van der Waals surface area contributed by atoms with Gasteiger partial charge in [0, 0.05) is 52.8 Å². The van der Waals surface area contributed by atoms with Gasteiger partial charge in [-0.15, -0.1) is 11.3 Å². The molecule has 0 saturated carbocycles. The molecule has 4 heteroatoms. The molecule has 0 radical (unpaired) electrons. The molecule has 12 rings (SSSR count). The Morgan fingerprint density at radius 2 is 0.946 bits per heavy atom. The molecule has 0 aliphatic carbocycles. The second kappa shape index (κ2) is 12.2. The summed E-state index contributed by atoms with van der Waals surface area (Å²) in [5, 5.41) is 10.8. The summed E-state index contributed by atoms with van der Waals surface area (Å²) in [6.45, 7) is 0. The zero-order valence-corrected chi connectivity index (χ0v) is 31.0. The van der Waals surface area contributed by atoms with Gasteiger partial charge < -0.3 is 0 Å². The van der Waals surface area contributed by atoms with E-state index in [1.54, 1.807) is 0 Å². The minimum absolute atomic E-state index is 0.656. The number of fused-ring (bicyclic) bond motifs is 10. The van der Waals surface area contributed by atoms with Crippen LogP contribution in [-0.2, 0) is 0 Å². The van der Waals surface area contributed by atoms with E-state index < -0.39 is 0 Å². The van der Waals surface area contributed by atoms with Gasteiger partial charge in [-0.1, -0.05) is 170 Å². The van der Waals surface area contributed by atoms with E-state index in [0.717, 1.165) is 38.8 Å². The monoisotopic (exact) mass is 729 g/mol. The highest BCUT2D eigenvalue weighted by molar-refractivity contribution is 7.25. The van der Waals surface area contributed by atoms with Gasteiger partial charge in [0.15, 0.2) is 0 Å². The van der Waals surface area contributed by atoms with Crippen LogP contribution in [0.1, 0.15) is 0 Å². The molecular weight excluding hydrogens is 699 g/mol. The minimum atomic E-state index is 0.656. The Morgan fingerprint density at radius 1 is 0.357 bits per heavy atom. The molecular formula is C52H31N3S. The van der Waals surface area contributed by atoms with Crippen molar-refractivity contribution in [2.75, 3.05) is 0 Å². The standard InChI is InChI=1S/C52H31N3S/c1-3-15-36-32(12-1)14-9-19-37(36)34-26-28-35(29-27-34)49-43-17-5-7-23-45(43)53-52(54-49)55-50-38-16-4-2-13-33(38)30-31-42(50)41-22-10-21-40(51(41)55)39-20-11-25-47-48(39)44-18-6-8-24-46(44)56-47/h1-31H. The Hall–Kier alpha value is -7.14. The summed E-state index contributed by atoms with van der Waals surface area (Å²) in [6.07, 6.45) is 0. The molecule has 3 heterocycles. The maximum atomic E-state index is 5.56. The van der Waals surface area contributed by atoms with Gasteiger partial charge in [0.2, 0.25) is 5.95 Å². The van der Waals surface area contributed by atoms with E-state index in [9.17, 15) is 0 Å². The van der Waals surface area contributed by atoms with Crippen molar-refractivity contribution < 1.29 is 0 Å². The molecule has 0 amide bonds. The summed E-state index contributed by atoms with van der Waals surface area (Å²) < 4.78 is 4.92. The van der Waals surface area contributed by atoms with Gasteiger partial charge in [-0.25, -0.2) is 9.97 Å². The van der Waals surface area contributed by atoms with Crippen molar-refractivity contribution in [1.82, 2.24) is 14.5 Å². The van der Waals surface area contributed by atoms with Crippen molar-refractivity contribution in [2.45, 2.75) is 0 Å². The predicted octanol–water partition coefficient (Wildman–Crippen LogP) is 14.4. The molecule has 56 heavy (non-hydrogen) atoms. The first-order valence-electron chi connectivity index (χ1n) is 19.0. The molecule has 3 nitrogen and oxygen atoms in total. The van der Waals surface area contributed by atoms with E-state index in [1.165, 1.54) is 69.2 Å². The summed E-state index contributed by atoms with van der Waals surface area (Å²) in [6, 6.07) is 67.8. The van der Waals surface area contributed by atoms with Crippen molar-refractivity contribution in [3.63, 3.8) is 0 Å². The quantitative estimate of drug-likeness (QED) is 0.181. The largest absolute Gasteiger partial charge is 0.277 e. The van der Waals surface area contributed by atoms with Crippen LogP contribution in [0.25, 0.3) is 114 Å². The molecule has 0 unspecified atom stereocenters. The number of benzene rings is 9. The fourth-order valence-electron chi connectivity index (χ4n) is 8.91. The van der Waals surface area contributed by atoms with Gasteiger partial charge in [0.1, 0.15) is 0 Å². The average Bonchev–Trinajstić information content (AvgIpc) is 3.82. The summed E-state index contributed by atoms with van der Waals surface area (Å²) in [4.78, 5) is 11.0. The first-order valence-corrected chi connectivity index (χ1v) is 19.8. The molecule has 0 fully saturated rings. The van der Waals surface area contributed by atoms with E-state index in [1.807, 2.05) is 11.3 Å². The summed E-state index contributed by atoms with van der Waals surface area (Å²) in [5.74, 6) is 0.656. The molecule has 0 aliphatic rings. The average molecular weight is 730 g/mol. The van der Waals surface area contributed by atoms with E-state index >= 15 is 0 Å². The third-order valence-electron chi connectivity index (χ3n) is 11.4. The van der Waals surface area contributed by atoms with E-state index in [-0.39, 0.29) is 0 Å². The number of nitrogens with zero attached hydrogens (tertiary/aromatic N) is 3. The van der Waals surface area contributed by atoms with Crippen LogP contribution in [0.2, 0.25) is 0 Å². The maximum absolute atomic E-state index is 5.56. The molecule has 0 spiro atoms. The fourth-order valence-corrected chi connectivity index (χ4v) is 10.0. The molecule has 0 bridgehead atoms. The number of thiophene rings is 1. The zero-order valence-electron chi connectivity index (χ0n) is 30.1. The van der Waals surface area contributed by atoms with Crippen LogP contribution in [-0.4, -0.2) is 14.5 Å². The molecule has 9 aromatic carbocycles. The highest BCUT2D eigenvalue weighted by Crippen LogP contribution is 2.45. The molecule has 260 valence electrons. The summed E-state index contributed by atoms with van der Waals surface area (Å²) in [5.41, 5.74) is 9.86. The Morgan fingerprint density at radius 3 is 1.82 bits per heavy atom. The third kappa shape index (κ3) is 4.63. The smallest absolute Gasteiger partial charge is 0.235 e. The Labute approximate surface area is 326 Å².